The van der Waals surface area contributed by atoms with Gasteiger partial charge in [-0.25, -0.2) is 8.42 Å². The minimum atomic E-state index is -4.13. The standard InChI is InChI=1S/C30H35Cl2N3O4S/c1-20(2)17-33-30(37)23(5)34(18-24-12-13-25(31)16-27(24)32)29(36)19-35(28-9-7-6-8-22(28)4)40(38,39)26-14-10-21(3)11-15-26/h6-16,20,23H,17-19H2,1-5H3,(H,33,37). The van der Waals surface area contributed by atoms with Crippen molar-refractivity contribution in [2.24, 2.45) is 5.92 Å². The first-order chi connectivity index (χ1) is 18.8. The van der Waals surface area contributed by atoms with Crippen LogP contribution in [-0.4, -0.2) is 44.3 Å². The van der Waals surface area contributed by atoms with E-state index in [4.69, 9.17) is 23.2 Å². The second kappa shape index (κ2) is 13.5. The lowest BCUT2D eigenvalue weighted by molar-refractivity contribution is -0.139. The molecule has 1 atom stereocenters. The number of carbonyl (C=O) groups excluding carboxylic acids is 2. The Morgan fingerprint density at radius 1 is 0.925 bits per heavy atom. The number of benzene rings is 3. The minimum absolute atomic E-state index is 0.0166. The lowest BCUT2D eigenvalue weighted by Gasteiger charge is -2.32. The van der Waals surface area contributed by atoms with Crippen LogP contribution in [0.2, 0.25) is 10.0 Å². The quantitative estimate of drug-likeness (QED) is 0.291. The molecule has 0 aliphatic carbocycles. The molecule has 0 fully saturated rings. The van der Waals surface area contributed by atoms with Crippen LogP contribution in [-0.2, 0) is 26.2 Å². The molecule has 40 heavy (non-hydrogen) atoms. The van der Waals surface area contributed by atoms with Gasteiger partial charge in [-0.15, -0.1) is 0 Å². The molecule has 7 nitrogen and oxygen atoms in total. The first-order valence-electron chi connectivity index (χ1n) is 13.0. The van der Waals surface area contributed by atoms with Gasteiger partial charge in [0.1, 0.15) is 12.6 Å². The zero-order valence-electron chi connectivity index (χ0n) is 23.3. The Kier molecular flexibility index (Phi) is 10.6. The van der Waals surface area contributed by atoms with Crippen molar-refractivity contribution in [3.63, 3.8) is 0 Å². The van der Waals surface area contributed by atoms with Crippen LogP contribution in [0.25, 0.3) is 0 Å². The van der Waals surface area contributed by atoms with Crippen molar-refractivity contribution in [1.29, 1.82) is 0 Å². The molecule has 0 saturated carbocycles. The summed E-state index contributed by atoms with van der Waals surface area (Å²) >= 11 is 12.5. The fraction of sp³-hybridized carbons (Fsp3) is 0.333. The topological polar surface area (TPSA) is 86.8 Å². The molecule has 3 rings (SSSR count). The molecule has 0 aromatic heterocycles. The van der Waals surface area contributed by atoms with Crippen molar-refractivity contribution < 1.29 is 18.0 Å². The van der Waals surface area contributed by atoms with Gasteiger partial charge in [0.2, 0.25) is 11.8 Å². The zero-order valence-corrected chi connectivity index (χ0v) is 25.6. The second-order valence-corrected chi connectivity index (χ2v) is 12.9. The van der Waals surface area contributed by atoms with E-state index in [0.717, 1.165) is 9.87 Å². The van der Waals surface area contributed by atoms with E-state index in [-0.39, 0.29) is 23.3 Å². The number of anilines is 1. The summed E-state index contributed by atoms with van der Waals surface area (Å²) in [6, 6.07) is 17.4. The molecule has 214 valence electrons. The molecule has 1 unspecified atom stereocenters. The SMILES string of the molecule is Cc1ccc(S(=O)(=O)N(CC(=O)N(Cc2ccc(Cl)cc2Cl)C(C)C(=O)NCC(C)C)c2ccccc2C)cc1. The number of hydrogen-bond donors (Lipinski definition) is 1. The van der Waals surface area contributed by atoms with Crippen LogP contribution in [0, 0.1) is 19.8 Å². The Bertz CT molecular complexity index is 1460. The maximum atomic E-state index is 14.0. The lowest BCUT2D eigenvalue weighted by Crippen LogP contribution is -2.51. The molecule has 1 N–H and O–H groups in total. The smallest absolute Gasteiger partial charge is 0.264 e. The Morgan fingerprint density at radius 3 is 2.17 bits per heavy atom. The van der Waals surface area contributed by atoms with Crippen LogP contribution in [0.3, 0.4) is 0 Å². The summed E-state index contributed by atoms with van der Waals surface area (Å²) in [6.45, 7) is 9.10. The highest BCUT2D eigenvalue weighted by Crippen LogP contribution is 2.28. The number of aryl methyl sites for hydroxylation is 2. The molecule has 0 radical (unpaired) electrons. The maximum absolute atomic E-state index is 14.0. The minimum Gasteiger partial charge on any atom is -0.354 e. The van der Waals surface area contributed by atoms with E-state index in [2.05, 4.69) is 5.32 Å². The van der Waals surface area contributed by atoms with Crippen molar-refractivity contribution in [3.05, 3.63) is 93.5 Å². The van der Waals surface area contributed by atoms with E-state index in [9.17, 15) is 18.0 Å². The number of halogens is 2. The van der Waals surface area contributed by atoms with Gasteiger partial charge in [0, 0.05) is 23.1 Å². The van der Waals surface area contributed by atoms with E-state index in [1.807, 2.05) is 20.8 Å². The second-order valence-electron chi connectivity index (χ2n) is 10.2. The molecule has 0 spiro atoms. The van der Waals surface area contributed by atoms with E-state index < -0.39 is 28.5 Å². The maximum Gasteiger partial charge on any atom is 0.264 e. The van der Waals surface area contributed by atoms with Crippen LogP contribution in [0.4, 0.5) is 5.69 Å². The number of hydrogen-bond acceptors (Lipinski definition) is 4. The summed E-state index contributed by atoms with van der Waals surface area (Å²) in [4.78, 5) is 28.5. The summed E-state index contributed by atoms with van der Waals surface area (Å²) in [6.07, 6.45) is 0. The van der Waals surface area contributed by atoms with Gasteiger partial charge in [-0.2, -0.15) is 0 Å². The number of nitrogens with one attached hydrogen (secondary N) is 1. The van der Waals surface area contributed by atoms with Crippen molar-refractivity contribution in [1.82, 2.24) is 10.2 Å². The molecular formula is C30H35Cl2N3O4S. The van der Waals surface area contributed by atoms with Gasteiger partial charge in [-0.3, -0.25) is 13.9 Å². The molecule has 0 bridgehead atoms. The van der Waals surface area contributed by atoms with Crippen LogP contribution in [0.5, 0.6) is 0 Å². The normalized spacial score (nSPS) is 12.2. The largest absolute Gasteiger partial charge is 0.354 e. The summed E-state index contributed by atoms with van der Waals surface area (Å²) in [5.41, 5.74) is 2.54. The fourth-order valence-electron chi connectivity index (χ4n) is 4.06. The number of para-hydroxylation sites is 1. The van der Waals surface area contributed by atoms with Crippen LogP contribution < -0.4 is 9.62 Å². The molecular weight excluding hydrogens is 569 g/mol. The molecule has 0 saturated heterocycles. The van der Waals surface area contributed by atoms with Gasteiger partial charge in [-0.1, -0.05) is 79.0 Å². The van der Waals surface area contributed by atoms with Crippen LogP contribution in [0.1, 0.15) is 37.5 Å². The molecule has 0 aliphatic heterocycles. The molecule has 10 heteroatoms. The number of carbonyl (C=O) groups is 2. The Morgan fingerprint density at radius 2 is 1.57 bits per heavy atom. The van der Waals surface area contributed by atoms with Crippen molar-refractivity contribution >= 4 is 50.7 Å². The Labute approximate surface area is 247 Å². The first kappa shape index (κ1) is 31.5. The average molecular weight is 605 g/mol. The molecule has 3 aromatic rings. The van der Waals surface area contributed by atoms with Gasteiger partial charge < -0.3 is 10.2 Å². The first-order valence-corrected chi connectivity index (χ1v) is 15.2. The van der Waals surface area contributed by atoms with E-state index in [1.165, 1.54) is 17.0 Å². The van der Waals surface area contributed by atoms with Crippen molar-refractivity contribution in [3.8, 4) is 0 Å². The Balaban J connectivity index is 2.05. The third-order valence-electron chi connectivity index (χ3n) is 6.48. The van der Waals surface area contributed by atoms with Crippen molar-refractivity contribution in [2.75, 3.05) is 17.4 Å². The summed E-state index contributed by atoms with van der Waals surface area (Å²) in [5.74, 6) is -0.699. The zero-order chi connectivity index (χ0) is 29.6. The average Bonchev–Trinajstić information content (AvgIpc) is 2.90. The number of rotatable bonds is 11. The van der Waals surface area contributed by atoms with Gasteiger partial charge in [0.25, 0.3) is 10.0 Å². The highest BCUT2D eigenvalue weighted by molar-refractivity contribution is 7.92. The third kappa shape index (κ3) is 7.77. The van der Waals surface area contributed by atoms with E-state index >= 15 is 0 Å². The lowest BCUT2D eigenvalue weighted by atomic mass is 10.1. The predicted molar refractivity (Wildman–Crippen MR) is 161 cm³/mol. The third-order valence-corrected chi connectivity index (χ3v) is 8.84. The molecule has 0 heterocycles. The summed E-state index contributed by atoms with van der Waals surface area (Å²) in [7, 11) is -4.13. The monoisotopic (exact) mass is 603 g/mol. The van der Waals surface area contributed by atoms with Gasteiger partial charge in [0.05, 0.1) is 10.6 Å². The predicted octanol–water partition coefficient (Wildman–Crippen LogP) is 6.00. The van der Waals surface area contributed by atoms with Crippen molar-refractivity contribution in [2.45, 2.75) is 52.1 Å². The number of nitrogens with zero attached hydrogens (tertiary/aromatic N) is 2. The molecule has 2 amide bonds. The van der Waals surface area contributed by atoms with Gasteiger partial charge in [0.15, 0.2) is 0 Å². The van der Waals surface area contributed by atoms with Crippen LogP contribution in [0.15, 0.2) is 71.6 Å². The summed E-state index contributed by atoms with van der Waals surface area (Å²) < 4.78 is 29.0. The fourth-order valence-corrected chi connectivity index (χ4v) is 6.01. The van der Waals surface area contributed by atoms with Gasteiger partial charge >= 0.3 is 0 Å². The van der Waals surface area contributed by atoms with Gasteiger partial charge in [-0.05, 0) is 68.1 Å². The van der Waals surface area contributed by atoms with E-state index in [1.54, 1.807) is 68.4 Å². The van der Waals surface area contributed by atoms with Crippen LogP contribution >= 0.6 is 23.2 Å². The highest BCUT2D eigenvalue weighted by Gasteiger charge is 2.33. The molecule has 0 aliphatic rings. The number of sulfonamides is 1. The Hall–Kier alpha value is -3.07. The number of amides is 2. The van der Waals surface area contributed by atoms with E-state index in [0.29, 0.717) is 33.4 Å². The highest BCUT2D eigenvalue weighted by atomic mass is 35.5. The molecule has 3 aromatic carbocycles. The summed E-state index contributed by atoms with van der Waals surface area (Å²) in [5, 5.41) is 3.63.